The molecule has 94 valence electrons. The number of alkyl halides is 3. The van der Waals surface area contributed by atoms with E-state index in [0.29, 0.717) is 17.6 Å². The first-order chi connectivity index (χ1) is 8.48. The van der Waals surface area contributed by atoms with Crippen molar-refractivity contribution >= 4 is 22.5 Å². The largest absolute Gasteiger partial charge is 0.418 e. The van der Waals surface area contributed by atoms with Gasteiger partial charge in [-0.25, -0.2) is 0 Å². The molecule has 1 aromatic carbocycles. The summed E-state index contributed by atoms with van der Waals surface area (Å²) in [6.07, 6.45) is -3.21. The molecule has 1 atom stereocenters. The zero-order chi connectivity index (χ0) is 12.9. The molecule has 1 aromatic heterocycles. The molecule has 2 aromatic rings. The highest BCUT2D eigenvalue weighted by molar-refractivity contribution is 6.36. The van der Waals surface area contributed by atoms with Gasteiger partial charge < -0.3 is 4.74 Å². The number of fused-ring (bicyclic) bond motifs is 1. The van der Waals surface area contributed by atoms with Gasteiger partial charge in [-0.05, 0) is 6.07 Å². The molecule has 3 rings (SSSR count). The third kappa shape index (κ3) is 1.83. The number of halogens is 4. The molecule has 1 aliphatic heterocycles. The summed E-state index contributed by atoms with van der Waals surface area (Å²) < 4.78 is 43.5. The molecule has 0 amide bonds. The van der Waals surface area contributed by atoms with Crippen LogP contribution >= 0.6 is 11.6 Å². The smallest absolute Gasteiger partial charge is 0.368 e. The van der Waals surface area contributed by atoms with Crippen LogP contribution in [0.15, 0.2) is 24.4 Å². The van der Waals surface area contributed by atoms with E-state index >= 15 is 0 Å². The Hall–Kier alpha value is -1.33. The van der Waals surface area contributed by atoms with Gasteiger partial charge in [-0.15, -0.1) is 0 Å². The number of epoxide rings is 1. The van der Waals surface area contributed by atoms with Crippen molar-refractivity contribution in [1.29, 1.82) is 0 Å². The standard InChI is InChI=1S/C12H7ClF3NO/c13-10-6-2-1-3-8(12(14,15)16)11(6)17-4-7(10)9-5-18-9/h1-4,9H,5H2. The van der Waals surface area contributed by atoms with Gasteiger partial charge in [0.2, 0.25) is 0 Å². The average Bonchev–Trinajstić information content (AvgIpc) is 3.12. The van der Waals surface area contributed by atoms with Crippen LogP contribution < -0.4 is 0 Å². The predicted molar refractivity (Wildman–Crippen MR) is 60.4 cm³/mol. The number of benzene rings is 1. The Morgan fingerprint density at radius 2 is 2.06 bits per heavy atom. The Morgan fingerprint density at radius 3 is 2.67 bits per heavy atom. The van der Waals surface area contributed by atoms with E-state index in [4.69, 9.17) is 16.3 Å². The van der Waals surface area contributed by atoms with Gasteiger partial charge in [-0.2, -0.15) is 13.2 Å². The Labute approximate surface area is 105 Å². The molecule has 18 heavy (non-hydrogen) atoms. The van der Waals surface area contributed by atoms with Crippen LogP contribution in [0.1, 0.15) is 17.2 Å². The number of hydrogen-bond donors (Lipinski definition) is 0. The Kier molecular flexibility index (Phi) is 2.50. The molecule has 1 saturated heterocycles. The van der Waals surface area contributed by atoms with Crippen molar-refractivity contribution in [3.63, 3.8) is 0 Å². The van der Waals surface area contributed by atoms with Crippen molar-refractivity contribution in [3.05, 3.63) is 40.5 Å². The number of pyridine rings is 1. The number of aromatic nitrogens is 1. The third-order valence-corrected chi connectivity index (χ3v) is 3.27. The van der Waals surface area contributed by atoms with Gasteiger partial charge in [0.25, 0.3) is 0 Å². The van der Waals surface area contributed by atoms with Crippen LogP contribution in [0.25, 0.3) is 10.9 Å². The molecule has 0 aliphatic carbocycles. The molecule has 0 spiro atoms. The van der Waals surface area contributed by atoms with Gasteiger partial charge in [-0.1, -0.05) is 23.7 Å². The lowest BCUT2D eigenvalue weighted by Gasteiger charge is -2.11. The lowest BCUT2D eigenvalue weighted by molar-refractivity contribution is -0.136. The molecule has 2 nitrogen and oxygen atoms in total. The molecule has 6 heteroatoms. The zero-order valence-corrected chi connectivity index (χ0v) is 9.72. The predicted octanol–water partition coefficient (Wildman–Crippen LogP) is 3.98. The van der Waals surface area contributed by atoms with Gasteiger partial charge >= 0.3 is 6.18 Å². The summed E-state index contributed by atoms with van der Waals surface area (Å²) >= 11 is 6.11. The molecule has 2 heterocycles. The van der Waals surface area contributed by atoms with Crippen molar-refractivity contribution in [2.24, 2.45) is 0 Å². The highest BCUT2D eigenvalue weighted by atomic mass is 35.5. The van der Waals surface area contributed by atoms with E-state index < -0.39 is 11.7 Å². The second-order valence-electron chi connectivity index (χ2n) is 4.05. The molecular weight excluding hydrogens is 267 g/mol. The molecule has 0 N–H and O–H groups in total. The lowest BCUT2D eigenvalue weighted by Crippen LogP contribution is -2.06. The quantitative estimate of drug-likeness (QED) is 0.735. The third-order valence-electron chi connectivity index (χ3n) is 2.84. The van der Waals surface area contributed by atoms with Crippen LogP contribution in [-0.4, -0.2) is 11.6 Å². The van der Waals surface area contributed by atoms with Gasteiger partial charge in [0.05, 0.1) is 22.7 Å². The van der Waals surface area contributed by atoms with Gasteiger partial charge in [-0.3, -0.25) is 4.98 Å². The number of ether oxygens (including phenoxy) is 1. The fourth-order valence-electron chi connectivity index (χ4n) is 1.89. The van der Waals surface area contributed by atoms with Crippen LogP contribution in [0.4, 0.5) is 13.2 Å². The zero-order valence-electron chi connectivity index (χ0n) is 8.96. The maximum atomic E-state index is 12.8. The fraction of sp³-hybridized carbons (Fsp3) is 0.250. The monoisotopic (exact) mass is 273 g/mol. The van der Waals surface area contributed by atoms with Crippen LogP contribution in [-0.2, 0) is 10.9 Å². The summed E-state index contributed by atoms with van der Waals surface area (Å²) in [5.74, 6) is 0. The minimum Gasteiger partial charge on any atom is -0.368 e. The molecule has 0 saturated carbocycles. The number of nitrogens with zero attached hydrogens (tertiary/aromatic N) is 1. The normalized spacial score (nSPS) is 19.2. The van der Waals surface area contributed by atoms with E-state index in [1.165, 1.54) is 18.3 Å². The highest BCUT2D eigenvalue weighted by Crippen LogP contribution is 2.40. The lowest BCUT2D eigenvalue weighted by atomic mass is 10.1. The summed E-state index contributed by atoms with van der Waals surface area (Å²) in [6.45, 7) is 0.534. The maximum absolute atomic E-state index is 12.8. The van der Waals surface area contributed by atoms with Crippen molar-refractivity contribution in [2.75, 3.05) is 6.61 Å². The average molecular weight is 274 g/mol. The first-order valence-corrected chi connectivity index (χ1v) is 5.62. The van der Waals surface area contributed by atoms with Crippen molar-refractivity contribution < 1.29 is 17.9 Å². The Morgan fingerprint density at radius 1 is 1.33 bits per heavy atom. The molecule has 0 radical (unpaired) electrons. The number of hydrogen-bond acceptors (Lipinski definition) is 2. The van der Waals surface area contributed by atoms with Gasteiger partial charge in [0, 0.05) is 17.1 Å². The van der Waals surface area contributed by atoms with Crippen LogP contribution in [0, 0.1) is 0 Å². The Bertz CT molecular complexity index is 622. The number of rotatable bonds is 1. The van der Waals surface area contributed by atoms with Crippen molar-refractivity contribution in [1.82, 2.24) is 4.98 Å². The topological polar surface area (TPSA) is 25.4 Å². The summed E-state index contributed by atoms with van der Waals surface area (Å²) in [5, 5.41) is 0.591. The second-order valence-corrected chi connectivity index (χ2v) is 4.43. The second kappa shape index (κ2) is 3.83. The first kappa shape index (κ1) is 11.7. The molecular formula is C12H7ClF3NO. The van der Waals surface area contributed by atoms with Crippen molar-refractivity contribution in [2.45, 2.75) is 12.3 Å². The van der Waals surface area contributed by atoms with Crippen molar-refractivity contribution in [3.8, 4) is 0 Å². The maximum Gasteiger partial charge on any atom is 0.418 e. The first-order valence-electron chi connectivity index (χ1n) is 5.24. The van der Waals surface area contributed by atoms with E-state index in [1.54, 1.807) is 0 Å². The van der Waals surface area contributed by atoms with E-state index in [2.05, 4.69) is 4.98 Å². The molecule has 1 fully saturated rings. The van der Waals surface area contributed by atoms with Gasteiger partial charge in [0.15, 0.2) is 0 Å². The molecule has 0 bridgehead atoms. The van der Waals surface area contributed by atoms with E-state index in [1.807, 2.05) is 0 Å². The van der Waals surface area contributed by atoms with Crippen LogP contribution in [0.3, 0.4) is 0 Å². The van der Waals surface area contributed by atoms with E-state index in [9.17, 15) is 13.2 Å². The number of para-hydroxylation sites is 1. The van der Waals surface area contributed by atoms with Crippen LogP contribution in [0.5, 0.6) is 0 Å². The minimum absolute atomic E-state index is 0.126. The highest BCUT2D eigenvalue weighted by Gasteiger charge is 2.34. The molecule has 1 aliphatic rings. The Balaban J connectivity index is 2.28. The minimum atomic E-state index is -4.44. The van der Waals surface area contributed by atoms with Crippen LogP contribution in [0.2, 0.25) is 5.02 Å². The van der Waals surface area contributed by atoms with E-state index in [0.717, 1.165) is 6.07 Å². The summed E-state index contributed by atoms with van der Waals surface area (Å²) in [4.78, 5) is 3.89. The fourth-order valence-corrected chi connectivity index (χ4v) is 2.21. The summed E-state index contributed by atoms with van der Waals surface area (Å²) in [7, 11) is 0. The SMILES string of the molecule is FC(F)(F)c1cccc2c(Cl)c(C3CO3)cnc12. The summed E-state index contributed by atoms with van der Waals surface area (Å²) in [6, 6.07) is 3.86. The molecule has 1 unspecified atom stereocenters. The van der Waals surface area contributed by atoms with Gasteiger partial charge in [0.1, 0.15) is 6.10 Å². The summed E-state index contributed by atoms with van der Waals surface area (Å²) in [5.41, 5.74) is -0.256. The van der Waals surface area contributed by atoms with E-state index in [-0.39, 0.29) is 16.6 Å².